The Kier molecular flexibility index (Phi) is 8.35. The second kappa shape index (κ2) is 12.4. The molecule has 258 valence electrons. The average Bonchev–Trinajstić information content (AvgIpc) is 3.82. The van der Waals surface area contributed by atoms with Gasteiger partial charge in [-0.05, 0) is 152 Å². The second-order valence-corrected chi connectivity index (χ2v) is 18.0. The first-order valence-electron chi connectivity index (χ1n) is 14.4. The predicted molar refractivity (Wildman–Crippen MR) is 224 cm³/mol. The molecule has 5 heterocycles. The van der Waals surface area contributed by atoms with Crippen molar-refractivity contribution in [2.45, 2.75) is 0 Å². The van der Waals surface area contributed by atoms with Gasteiger partial charge in [-0.15, -0.1) is 0 Å². The minimum absolute atomic E-state index is 0.0503. The summed E-state index contributed by atoms with van der Waals surface area (Å²) in [7, 11) is 0. The Balaban J connectivity index is 1.56. The van der Waals surface area contributed by atoms with E-state index >= 15 is 0 Å². The van der Waals surface area contributed by atoms with E-state index in [0.29, 0.717) is 96.5 Å². The van der Waals surface area contributed by atoms with Gasteiger partial charge in [0.2, 0.25) is 0 Å². The van der Waals surface area contributed by atoms with Crippen LogP contribution in [0.3, 0.4) is 0 Å². The topological polar surface area (TPSA) is 190 Å². The highest BCUT2D eigenvalue weighted by atomic mass is 79.9. The number of phenolic OH excluding ortho intramolecular Hbond substituents is 4. The average molecular weight is 1210 g/mol. The first kappa shape index (κ1) is 35.0. The summed E-state index contributed by atoms with van der Waals surface area (Å²) in [5.41, 5.74) is 3.26. The van der Waals surface area contributed by atoms with E-state index in [1.807, 2.05) is 0 Å². The monoisotopic (exact) mass is 1200 g/mol. The zero-order valence-electron chi connectivity index (χ0n) is 24.8. The van der Waals surface area contributed by atoms with Gasteiger partial charge in [-0.3, -0.25) is 0 Å². The van der Waals surface area contributed by atoms with Crippen molar-refractivity contribution in [3.63, 3.8) is 0 Å². The lowest BCUT2D eigenvalue weighted by atomic mass is 10.1. The molecule has 0 radical (unpaired) electrons. The number of fused-ring (bicyclic) bond motifs is 20. The van der Waals surface area contributed by atoms with Gasteiger partial charge < -0.3 is 30.4 Å². The molecular formula is C32H10Br8N8O4. The molecule has 9 rings (SSSR count). The summed E-state index contributed by atoms with van der Waals surface area (Å²) in [6.07, 6.45) is 0. The molecule has 2 aliphatic rings. The van der Waals surface area contributed by atoms with Crippen molar-refractivity contribution in [3.05, 3.63) is 60.0 Å². The lowest BCUT2D eigenvalue weighted by Gasteiger charge is -2.06. The number of H-pyrrole nitrogens is 2. The third kappa shape index (κ3) is 5.07. The molecule has 0 fully saturated rings. The van der Waals surface area contributed by atoms with E-state index in [2.05, 4.69) is 137 Å². The molecule has 0 amide bonds. The van der Waals surface area contributed by atoms with E-state index in [-0.39, 0.29) is 51.9 Å². The van der Waals surface area contributed by atoms with Gasteiger partial charge in [-0.1, -0.05) is 0 Å². The van der Waals surface area contributed by atoms with Crippen molar-refractivity contribution in [2.75, 3.05) is 0 Å². The standard InChI is InChI=1S/C32H10Br8N8O4/c33-9-1-5-13(17(37)21(9)49)29-42-25(5)41-26-6-2-10(34)23(51)19(39)15(6)31(43-26)48-32-16-8(4-12(36)24(52)20(16)40)28(47-32)46-30-14-7(27(44-29)45-30)3-11(35)22(50)18(14)38/h1-4,49-52H,(H2,41,42,43,44,45,46,47,48). The summed E-state index contributed by atoms with van der Waals surface area (Å²) >= 11 is 27.9. The summed E-state index contributed by atoms with van der Waals surface area (Å²) < 4.78 is 2.92. The van der Waals surface area contributed by atoms with Gasteiger partial charge in [0.1, 0.15) is 45.6 Å². The van der Waals surface area contributed by atoms with Crippen molar-refractivity contribution in [1.29, 1.82) is 0 Å². The normalized spacial score (nSPS) is 12.2. The number of nitrogens with one attached hydrogen (secondary N) is 2. The van der Waals surface area contributed by atoms with Crippen LogP contribution in [0.25, 0.3) is 89.7 Å². The molecule has 12 nitrogen and oxygen atoms in total. The number of aromatic amines is 2. The number of aromatic nitrogens is 8. The molecule has 6 N–H and O–H groups in total. The quantitative estimate of drug-likeness (QED) is 0.0852. The van der Waals surface area contributed by atoms with E-state index in [9.17, 15) is 20.4 Å². The van der Waals surface area contributed by atoms with E-state index in [0.717, 1.165) is 0 Å². The maximum absolute atomic E-state index is 11.0. The molecule has 2 aliphatic heterocycles. The number of hydrogen-bond donors (Lipinski definition) is 6. The van der Waals surface area contributed by atoms with Gasteiger partial charge >= 0.3 is 0 Å². The molecule has 0 atom stereocenters. The highest BCUT2D eigenvalue weighted by Crippen LogP contribution is 2.50. The zero-order valence-corrected chi connectivity index (χ0v) is 37.5. The van der Waals surface area contributed by atoms with Gasteiger partial charge in [-0.25, -0.2) is 29.9 Å². The van der Waals surface area contributed by atoms with Crippen LogP contribution in [0, 0.1) is 0 Å². The number of phenols is 4. The molecule has 52 heavy (non-hydrogen) atoms. The molecular weight excluding hydrogens is 1200 g/mol. The van der Waals surface area contributed by atoms with Crippen molar-refractivity contribution in [1.82, 2.24) is 39.9 Å². The second-order valence-electron chi connectivity index (χ2n) is 11.4. The third-order valence-electron chi connectivity index (χ3n) is 8.46. The SMILES string of the molecule is Oc1c(Br)cc2c(c1Br)-c1nc-2nc2[nH]c(nc3nc(nc4[nH]c(n1)c1cc(Br)c(O)c(Br)c41)-c1c-3cc(Br)c(O)c1Br)c1cc(Br)c(O)c(Br)c21. The van der Waals surface area contributed by atoms with Crippen LogP contribution in [0.4, 0.5) is 0 Å². The van der Waals surface area contributed by atoms with E-state index in [1.54, 1.807) is 24.3 Å². The molecule has 0 saturated heterocycles. The minimum atomic E-state index is -0.0662. The van der Waals surface area contributed by atoms with Gasteiger partial charge in [0.05, 0.1) is 35.8 Å². The lowest BCUT2D eigenvalue weighted by Crippen LogP contribution is -1.86. The fourth-order valence-corrected chi connectivity index (χ4v) is 11.3. The summed E-state index contributed by atoms with van der Waals surface area (Å²) in [5.74, 6) is 0.649. The molecule has 0 unspecified atom stereocenters. The zero-order chi connectivity index (χ0) is 36.7. The minimum Gasteiger partial charge on any atom is -0.506 e. The first-order valence-corrected chi connectivity index (χ1v) is 20.7. The highest BCUT2D eigenvalue weighted by Gasteiger charge is 2.29. The van der Waals surface area contributed by atoms with Gasteiger partial charge in [-0.2, -0.15) is 0 Å². The lowest BCUT2D eigenvalue weighted by molar-refractivity contribution is 0.468. The Morgan fingerprint density at radius 3 is 1.13 bits per heavy atom. The maximum Gasteiger partial charge on any atom is 0.166 e. The Labute approximate surface area is 356 Å². The van der Waals surface area contributed by atoms with Crippen LogP contribution in [0.5, 0.6) is 23.0 Å². The van der Waals surface area contributed by atoms with E-state index < -0.39 is 0 Å². The summed E-state index contributed by atoms with van der Waals surface area (Å²) in [6, 6.07) is 6.80. The van der Waals surface area contributed by atoms with Crippen molar-refractivity contribution < 1.29 is 20.4 Å². The van der Waals surface area contributed by atoms with Crippen molar-refractivity contribution in [3.8, 4) is 68.5 Å². The Morgan fingerprint density at radius 2 is 0.712 bits per heavy atom. The molecule has 0 spiro atoms. The smallest absolute Gasteiger partial charge is 0.166 e. The Hall–Kier alpha value is -2.72. The summed E-state index contributed by atoms with van der Waals surface area (Å²) in [4.78, 5) is 36.1. The number of halogens is 8. The number of rotatable bonds is 0. The van der Waals surface area contributed by atoms with Crippen LogP contribution in [0.1, 0.15) is 0 Å². The van der Waals surface area contributed by atoms with Gasteiger partial charge in [0.25, 0.3) is 0 Å². The molecule has 7 aromatic rings. The van der Waals surface area contributed by atoms with Crippen LogP contribution >= 0.6 is 127 Å². The summed E-state index contributed by atoms with van der Waals surface area (Å²) in [6.45, 7) is 0. The largest absolute Gasteiger partial charge is 0.506 e. The van der Waals surface area contributed by atoms with Gasteiger partial charge in [0.15, 0.2) is 23.3 Å². The van der Waals surface area contributed by atoms with Crippen LogP contribution in [-0.4, -0.2) is 60.3 Å². The Bertz CT molecular complexity index is 3020. The van der Waals surface area contributed by atoms with Gasteiger partial charge in [0, 0.05) is 43.8 Å². The van der Waals surface area contributed by atoms with Crippen LogP contribution in [0.15, 0.2) is 60.0 Å². The molecule has 20 heteroatoms. The molecule has 0 aliphatic carbocycles. The predicted octanol–water partition coefficient (Wildman–Crippen LogP) is 11.8. The maximum atomic E-state index is 11.0. The summed E-state index contributed by atoms with van der Waals surface area (Å²) in [5, 5.41) is 46.0. The van der Waals surface area contributed by atoms with Crippen LogP contribution < -0.4 is 0 Å². The molecule has 4 aromatic carbocycles. The third-order valence-corrected chi connectivity index (χ3v) is 14.0. The van der Waals surface area contributed by atoms with E-state index in [1.165, 1.54) is 0 Å². The number of benzene rings is 4. The molecule has 3 aromatic heterocycles. The molecule has 8 bridgehead atoms. The fraction of sp³-hybridized carbons (Fsp3) is 0. The Morgan fingerprint density at radius 1 is 0.385 bits per heavy atom. The number of nitrogens with zero attached hydrogens (tertiary/aromatic N) is 6. The van der Waals surface area contributed by atoms with Crippen molar-refractivity contribution >= 4 is 172 Å². The number of hydrogen-bond acceptors (Lipinski definition) is 10. The van der Waals surface area contributed by atoms with Crippen LogP contribution in [0.2, 0.25) is 0 Å². The highest BCUT2D eigenvalue weighted by molar-refractivity contribution is 9.12. The first-order chi connectivity index (χ1) is 24.7. The van der Waals surface area contributed by atoms with Crippen LogP contribution in [-0.2, 0) is 0 Å². The molecule has 0 saturated carbocycles. The van der Waals surface area contributed by atoms with E-state index in [4.69, 9.17) is 29.9 Å². The van der Waals surface area contributed by atoms with Crippen molar-refractivity contribution in [2.24, 2.45) is 0 Å². The number of aromatic hydroxyl groups is 4. The fourth-order valence-electron chi connectivity index (χ4n) is 6.08.